The summed E-state index contributed by atoms with van der Waals surface area (Å²) in [4.78, 5) is 13.7. The van der Waals surface area contributed by atoms with E-state index in [-0.39, 0.29) is 23.9 Å². The SMILES string of the molecule is CNc1ccc(Cl)c(SC2=C(O)CC(c3c(Cl)cccc3Cl)CC2=O)c1. The number of Topliss-reactive ketones (excluding diaryl/α,β-unsaturated/α-hetero) is 1. The molecule has 2 N–H and O–H groups in total. The Kier molecular flexibility index (Phi) is 6.08. The van der Waals surface area contributed by atoms with E-state index >= 15 is 0 Å². The average Bonchev–Trinajstić information content (AvgIpc) is 2.59. The third-order valence-corrected chi connectivity index (χ3v) is 6.55. The van der Waals surface area contributed by atoms with Gasteiger partial charge in [0.2, 0.25) is 0 Å². The summed E-state index contributed by atoms with van der Waals surface area (Å²) in [6.07, 6.45) is 0.542. The molecule has 0 radical (unpaired) electrons. The van der Waals surface area contributed by atoms with Crippen LogP contribution in [0.25, 0.3) is 0 Å². The van der Waals surface area contributed by atoms with Crippen LogP contribution in [0.5, 0.6) is 0 Å². The summed E-state index contributed by atoms with van der Waals surface area (Å²) in [6, 6.07) is 10.7. The third kappa shape index (κ3) is 3.99. The molecule has 1 aliphatic rings. The first kappa shape index (κ1) is 19.4. The summed E-state index contributed by atoms with van der Waals surface area (Å²) >= 11 is 19.9. The molecule has 1 aliphatic carbocycles. The number of hydrogen-bond donors (Lipinski definition) is 2. The zero-order chi connectivity index (χ0) is 18.8. The van der Waals surface area contributed by atoms with E-state index in [0.717, 1.165) is 5.69 Å². The number of anilines is 1. The first-order chi connectivity index (χ1) is 12.4. The molecule has 0 saturated heterocycles. The van der Waals surface area contributed by atoms with Gasteiger partial charge in [-0.15, -0.1) is 0 Å². The summed E-state index contributed by atoms with van der Waals surface area (Å²) in [5.74, 6) is -0.351. The second kappa shape index (κ2) is 8.13. The number of carbonyl (C=O) groups excluding carboxylic acids is 1. The van der Waals surface area contributed by atoms with E-state index in [1.807, 2.05) is 12.1 Å². The van der Waals surface area contributed by atoms with Crippen molar-refractivity contribution in [1.29, 1.82) is 0 Å². The summed E-state index contributed by atoms with van der Waals surface area (Å²) in [7, 11) is 1.80. The van der Waals surface area contributed by atoms with Crippen molar-refractivity contribution in [3.8, 4) is 0 Å². The van der Waals surface area contributed by atoms with Gasteiger partial charge in [-0.1, -0.05) is 52.6 Å². The number of benzene rings is 2. The molecular formula is C19H16Cl3NO2S. The van der Waals surface area contributed by atoms with E-state index < -0.39 is 0 Å². The van der Waals surface area contributed by atoms with Crippen molar-refractivity contribution in [3.05, 3.63) is 67.7 Å². The molecule has 0 saturated carbocycles. The lowest BCUT2D eigenvalue weighted by atomic mass is 9.86. The summed E-state index contributed by atoms with van der Waals surface area (Å²) in [5, 5.41) is 15.1. The van der Waals surface area contributed by atoms with Crippen molar-refractivity contribution in [2.45, 2.75) is 23.7 Å². The van der Waals surface area contributed by atoms with Gasteiger partial charge in [0.05, 0.1) is 9.93 Å². The van der Waals surface area contributed by atoms with Gasteiger partial charge in [-0.05, 0) is 35.9 Å². The molecular weight excluding hydrogens is 413 g/mol. The van der Waals surface area contributed by atoms with E-state index in [0.29, 0.717) is 36.9 Å². The van der Waals surface area contributed by atoms with Crippen LogP contribution in [0.4, 0.5) is 5.69 Å². The fraction of sp³-hybridized carbons (Fsp3) is 0.211. The molecule has 2 aromatic rings. The number of carbonyl (C=O) groups is 1. The highest BCUT2D eigenvalue weighted by Gasteiger charge is 2.31. The van der Waals surface area contributed by atoms with Crippen molar-refractivity contribution in [2.24, 2.45) is 0 Å². The molecule has 2 aromatic carbocycles. The summed E-state index contributed by atoms with van der Waals surface area (Å²) < 4.78 is 0. The molecule has 0 fully saturated rings. The van der Waals surface area contributed by atoms with Crippen LogP contribution in [0.2, 0.25) is 15.1 Å². The van der Waals surface area contributed by atoms with Crippen molar-refractivity contribution < 1.29 is 9.90 Å². The van der Waals surface area contributed by atoms with Gasteiger partial charge < -0.3 is 10.4 Å². The number of hydrogen-bond acceptors (Lipinski definition) is 4. The van der Waals surface area contributed by atoms with Crippen LogP contribution in [0.1, 0.15) is 24.3 Å². The van der Waals surface area contributed by atoms with Crippen LogP contribution in [0, 0.1) is 0 Å². The summed E-state index contributed by atoms with van der Waals surface area (Å²) in [5.41, 5.74) is 1.58. The van der Waals surface area contributed by atoms with Crippen LogP contribution in [0.15, 0.2) is 52.0 Å². The molecule has 0 amide bonds. The predicted molar refractivity (Wildman–Crippen MR) is 110 cm³/mol. The van der Waals surface area contributed by atoms with Gasteiger partial charge in [0.15, 0.2) is 5.78 Å². The Balaban J connectivity index is 1.90. The quantitative estimate of drug-likeness (QED) is 0.569. The predicted octanol–water partition coefficient (Wildman–Crippen LogP) is 6.70. The highest BCUT2D eigenvalue weighted by atomic mass is 35.5. The molecule has 0 aliphatic heterocycles. The maximum Gasteiger partial charge on any atom is 0.173 e. The number of halogens is 3. The van der Waals surface area contributed by atoms with Crippen molar-refractivity contribution in [2.75, 3.05) is 12.4 Å². The van der Waals surface area contributed by atoms with E-state index in [9.17, 15) is 9.90 Å². The Morgan fingerprint density at radius 2 is 1.77 bits per heavy atom. The molecule has 26 heavy (non-hydrogen) atoms. The lowest BCUT2D eigenvalue weighted by Gasteiger charge is -2.25. The number of aliphatic hydroxyl groups is 1. The molecule has 0 aromatic heterocycles. The maximum atomic E-state index is 12.7. The van der Waals surface area contributed by atoms with E-state index in [1.165, 1.54) is 11.8 Å². The second-order valence-corrected chi connectivity index (χ2v) is 8.21. The normalized spacial score (nSPS) is 17.5. The Morgan fingerprint density at radius 1 is 1.08 bits per heavy atom. The van der Waals surface area contributed by atoms with Crippen LogP contribution < -0.4 is 5.32 Å². The van der Waals surface area contributed by atoms with E-state index in [4.69, 9.17) is 34.8 Å². The first-order valence-electron chi connectivity index (χ1n) is 7.95. The zero-order valence-corrected chi connectivity index (χ0v) is 16.9. The molecule has 1 unspecified atom stereocenters. The Hall–Kier alpha value is -1.33. The van der Waals surface area contributed by atoms with Crippen molar-refractivity contribution in [1.82, 2.24) is 0 Å². The maximum absolute atomic E-state index is 12.7. The molecule has 0 heterocycles. The topological polar surface area (TPSA) is 49.3 Å². The molecule has 0 spiro atoms. The fourth-order valence-electron chi connectivity index (χ4n) is 2.94. The van der Waals surface area contributed by atoms with Crippen LogP contribution in [-0.2, 0) is 4.79 Å². The Bertz CT molecular complexity index is 878. The standard InChI is InChI=1S/C19H16Cl3NO2S/c1-23-11-5-6-12(20)17(9-11)26-19-15(24)7-10(8-16(19)25)18-13(21)3-2-4-14(18)22/h2-6,9-10,23-24H,7-8H2,1H3. The lowest BCUT2D eigenvalue weighted by molar-refractivity contribution is -0.115. The fourth-order valence-corrected chi connectivity index (χ4v) is 4.85. The van der Waals surface area contributed by atoms with Gasteiger partial charge in [-0.25, -0.2) is 0 Å². The number of thioether (sulfide) groups is 1. The monoisotopic (exact) mass is 427 g/mol. The number of ketones is 1. The van der Waals surface area contributed by atoms with Gasteiger partial charge in [0, 0.05) is 46.4 Å². The number of nitrogens with one attached hydrogen (secondary N) is 1. The van der Waals surface area contributed by atoms with Gasteiger partial charge in [0.1, 0.15) is 5.76 Å². The minimum Gasteiger partial charge on any atom is -0.511 e. The molecule has 136 valence electrons. The van der Waals surface area contributed by atoms with Gasteiger partial charge in [-0.2, -0.15) is 0 Å². The molecule has 3 nitrogen and oxygen atoms in total. The Morgan fingerprint density at radius 3 is 2.38 bits per heavy atom. The van der Waals surface area contributed by atoms with E-state index in [2.05, 4.69) is 5.32 Å². The van der Waals surface area contributed by atoms with Crippen LogP contribution in [0.3, 0.4) is 0 Å². The van der Waals surface area contributed by atoms with E-state index in [1.54, 1.807) is 31.3 Å². The van der Waals surface area contributed by atoms with Gasteiger partial charge in [-0.3, -0.25) is 4.79 Å². The molecule has 3 rings (SSSR count). The number of allylic oxidation sites excluding steroid dienone is 2. The number of rotatable bonds is 4. The van der Waals surface area contributed by atoms with Crippen molar-refractivity contribution in [3.63, 3.8) is 0 Å². The third-order valence-electron chi connectivity index (χ3n) is 4.23. The number of aliphatic hydroxyl groups excluding tert-OH is 1. The highest BCUT2D eigenvalue weighted by molar-refractivity contribution is 8.04. The van der Waals surface area contributed by atoms with Crippen molar-refractivity contribution >= 4 is 58.0 Å². The lowest BCUT2D eigenvalue weighted by Crippen LogP contribution is -2.17. The first-order valence-corrected chi connectivity index (χ1v) is 9.90. The zero-order valence-electron chi connectivity index (χ0n) is 13.9. The average molecular weight is 429 g/mol. The molecule has 7 heteroatoms. The molecule has 0 bridgehead atoms. The minimum atomic E-state index is -0.243. The van der Waals surface area contributed by atoms with Gasteiger partial charge in [0.25, 0.3) is 0 Å². The highest BCUT2D eigenvalue weighted by Crippen LogP contribution is 2.45. The smallest absolute Gasteiger partial charge is 0.173 e. The molecule has 1 atom stereocenters. The Labute approximate surface area is 171 Å². The largest absolute Gasteiger partial charge is 0.511 e. The second-order valence-electron chi connectivity index (χ2n) is 5.94. The van der Waals surface area contributed by atoms with Crippen LogP contribution in [-0.4, -0.2) is 17.9 Å². The van der Waals surface area contributed by atoms with Gasteiger partial charge >= 0.3 is 0 Å². The summed E-state index contributed by atoms with van der Waals surface area (Å²) in [6.45, 7) is 0. The minimum absolute atomic E-state index is 0.0400. The van der Waals surface area contributed by atoms with Crippen LogP contribution >= 0.6 is 46.6 Å².